The van der Waals surface area contributed by atoms with Gasteiger partial charge in [0.05, 0.1) is 27.8 Å². The van der Waals surface area contributed by atoms with Crippen LogP contribution in [0, 0.1) is 6.92 Å². The average Bonchev–Trinajstić information content (AvgIpc) is 3.29. The van der Waals surface area contributed by atoms with Crippen LogP contribution in [-0.2, 0) is 0 Å². The molecule has 3 aromatic carbocycles. The lowest BCUT2D eigenvalue weighted by Crippen LogP contribution is -2.16. The van der Waals surface area contributed by atoms with Crippen molar-refractivity contribution in [1.29, 1.82) is 0 Å². The predicted molar refractivity (Wildman–Crippen MR) is 110 cm³/mol. The maximum atomic E-state index is 4.91. The molecule has 0 aliphatic carbocycles. The van der Waals surface area contributed by atoms with Crippen molar-refractivity contribution in [1.82, 2.24) is 19.5 Å². The fraction of sp³-hybridized carbons (Fsp3) is 0.0909. The first-order valence-electron chi connectivity index (χ1n) is 8.94. The van der Waals surface area contributed by atoms with Gasteiger partial charge >= 0.3 is 0 Å². The van der Waals surface area contributed by atoms with E-state index in [1.165, 1.54) is 5.56 Å². The van der Waals surface area contributed by atoms with E-state index in [4.69, 9.17) is 9.97 Å². The van der Waals surface area contributed by atoms with Crippen molar-refractivity contribution in [3.8, 4) is 5.69 Å². The Morgan fingerprint density at radius 2 is 1.52 bits per heavy atom. The topological polar surface area (TPSA) is 49.7 Å². The fourth-order valence-corrected chi connectivity index (χ4v) is 3.48. The molecular weight excluding hydrogens is 334 g/mol. The number of hydrogen-bond acceptors (Lipinski definition) is 3. The molecule has 0 unspecified atom stereocenters. The molecule has 5 nitrogen and oxygen atoms in total. The van der Waals surface area contributed by atoms with E-state index in [1.807, 2.05) is 54.4 Å². The van der Waals surface area contributed by atoms with Gasteiger partial charge in [0.2, 0.25) is 11.9 Å². The van der Waals surface area contributed by atoms with Crippen LogP contribution in [-0.4, -0.2) is 26.6 Å². The van der Waals surface area contributed by atoms with Gasteiger partial charge in [-0.2, -0.15) is 0 Å². The lowest BCUT2D eigenvalue weighted by atomic mass is 10.2. The quantitative estimate of drug-likeness (QED) is 0.498. The molecule has 0 fully saturated rings. The highest BCUT2D eigenvalue weighted by Crippen LogP contribution is 2.31. The lowest BCUT2D eigenvalue weighted by molar-refractivity contribution is 0.969. The second-order valence-corrected chi connectivity index (χ2v) is 6.66. The monoisotopic (exact) mass is 353 g/mol. The van der Waals surface area contributed by atoms with E-state index >= 15 is 0 Å². The summed E-state index contributed by atoms with van der Waals surface area (Å²) in [6.45, 7) is 2.12. The predicted octanol–water partition coefficient (Wildman–Crippen LogP) is 4.98. The zero-order chi connectivity index (χ0) is 18.4. The van der Waals surface area contributed by atoms with Gasteiger partial charge in [0, 0.05) is 7.05 Å². The van der Waals surface area contributed by atoms with Crippen molar-refractivity contribution in [2.24, 2.45) is 0 Å². The van der Waals surface area contributed by atoms with Gasteiger partial charge in [0.25, 0.3) is 0 Å². The van der Waals surface area contributed by atoms with Crippen molar-refractivity contribution >= 4 is 34.0 Å². The SMILES string of the molecule is Cc1ccccc1-n1c(N(C)c2nc3ccccc3[nH]2)nc2ccccc21. The molecule has 0 amide bonds. The summed E-state index contributed by atoms with van der Waals surface area (Å²) in [5.74, 6) is 1.59. The van der Waals surface area contributed by atoms with Crippen LogP contribution >= 0.6 is 0 Å². The summed E-state index contributed by atoms with van der Waals surface area (Å²) in [5.41, 5.74) is 6.29. The third-order valence-corrected chi connectivity index (χ3v) is 4.89. The highest BCUT2D eigenvalue weighted by Gasteiger charge is 2.19. The minimum atomic E-state index is 0.765. The summed E-state index contributed by atoms with van der Waals surface area (Å²) in [6, 6.07) is 24.6. The minimum Gasteiger partial charge on any atom is -0.324 e. The number of fused-ring (bicyclic) bond motifs is 2. The number of aryl methyl sites for hydroxylation is 1. The minimum absolute atomic E-state index is 0.765. The van der Waals surface area contributed by atoms with Gasteiger partial charge in [-0.15, -0.1) is 0 Å². The number of aromatic amines is 1. The van der Waals surface area contributed by atoms with Gasteiger partial charge in [0.1, 0.15) is 0 Å². The molecule has 1 N–H and O–H groups in total. The third-order valence-electron chi connectivity index (χ3n) is 4.89. The molecule has 0 aliphatic rings. The Morgan fingerprint density at radius 3 is 2.33 bits per heavy atom. The summed E-state index contributed by atoms with van der Waals surface area (Å²) < 4.78 is 2.19. The normalized spacial score (nSPS) is 11.3. The maximum absolute atomic E-state index is 4.91. The zero-order valence-electron chi connectivity index (χ0n) is 15.2. The lowest BCUT2D eigenvalue weighted by Gasteiger charge is -2.18. The van der Waals surface area contributed by atoms with Gasteiger partial charge in [-0.1, -0.05) is 42.5 Å². The highest BCUT2D eigenvalue weighted by atomic mass is 15.4. The van der Waals surface area contributed by atoms with E-state index in [0.717, 1.165) is 39.7 Å². The van der Waals surface area contributed by atoms with E-state index in [-0.39, 0.29) is 0 Å². The zero-order valence-corrected chi connectivity index (χ0v) is 15.2. The van der Waals surface area contributed by atoms with Crippen molar-refractivity contribution in [3.05, 3.63) is 78.4 Å². The molecule has 2 aromatic heterocycles. The summed E-state index contributed by atoms with van der Waals surface area (Å²) in [5, 5.41) is 0. The number of aromatic nitrogens is 4. The van der Waals surface area contributed by atoms with E-state index in [0.29, 0.717) is 0 Å². The summed E-state index contributed by atoms with van der Waals surface area (Å²) in [7, 11) is 1.99. The van der Waals surface area contributed by atoms with Crippen LogP contribution in [0.3, 0.4) is 0 Å². The van der Waals surface area contributed by atoms with Gasteiger partial charge in [0.15, 0.2) is 0 Å². The Morgan fingerprint density at radius 1 is 0.815 bits per heavy atom. The molecule has 5 rings (SSSR count). The molecule has 5 aromatic rings. The number of rotatable bonds is 3. The number of nitrogens with zero attached hydrogens (tertiary/aromatic N) is 4. The van der Waals surface area contributed by atoms with Crippen LogP contribution in [0.2, 0.25) is 0 Å². The Kier molecular flexibility index (Phi) is 3.47. The molecule has 132 valence electrons. The molecule has 0 aliphatic heterocycles. The highest BCUT2D eigenvalue weighted by molar-refractivity contribution is 5.84. The van der Waals surface area contributed by atoms with Gasteiger partial charge in [-0.05, 0) is 42.8 Å². The van der Waals surface area contributed by atoms with Gasteiger partial charge in [-0.3, -0.25) is 9.47 Å². The van der Waals surface area contributed by atoms with Crippen molar-refractivity contribution in [2.75, 3.05) is 11.9 Å². The summed E-state index contributed by atoms with van der Waals surface area (Å²) >= 11 is 0. The van der Waals surface area contributed by atoms with Crippen molar-refractivity contribution in [2.45, 2.75) is 6.92 Å². The Balaban J connectivity index is 1.75. The average molecular weight is 353 g/mol. The summed E-state index contributed by atoms with van der Waals surface area (Å²) in [4.78, 5) is 15.0. The standard InChI is InChI=1S/C22H19N5/c1-15-9-3-7-13-19(15)27-20-14-8-6-12-18(20)25-22(27)26(2)21-23-16-10-4-5-11-17(16)24-21/h3-14H,1-2H3,(H,23,24). The van der Waals surface area contributed by atoms with Crippen LogP contribution in [0.25, 0.3) is 27.8 Å². The molecule has 2 heterocycles. The molecule has 0 bridgehead atoms. The van der Waals surface area contributed by atoms with E-state index in [1.54, 1.807) is 0 Å². The van der Waals surface area contributed by atoms with Crippen LogP contribution in [0.4, 0.5) is 11.9 Å². The molecule has 0 spiro atoms. The van der Waals surface area contributed by atoms with Crippen LogP contribution in [0.5, 0.6) is 0 Å². The molecular formula is C22H19N5. The Hall–Kier alpha value is -3.60. The van der Waals surface area contributed by atoms with Crippen molar-refractivity contribution in [3.63, 3.8) is 0 Å². The Labute approximate surface area is 156 Å². The van der Waals surface area contributed by atoms with Crippen LogP contribution < -0.4 is 4.90 Å². The number of benzene rings is 3. The van der Waals surface area contributed by atoms with E-state index in [9.17, 15) is 0 Å². The molecule has 0 saturated carbocycles. The van der Waals surface area contributed by atoms with Crippen LogP contribution in [0.15, 0.2) is 72.8 Å². The number of nitrogens with one attached hydrogen (secondary N) is 1. The number of H-pyrrole nitrogens is 1. The first-order valence-corrected chi connectivity index (χ1v) is 8.94. The third kappa shape index (κ3) is 2.47. The van der Waals surface area contributed by atoms with Crippen molar-refractivity contribution < 1.29 is 0 Å². The largest absolute Gasteiger partial charge is 0.324 e. The first-order chi connectivity index (χ1) is 13.2. The van der Waals surface area contributed by atoms with Crippen LogP contribution in [0.1, 0.15) is 5.56 Å². The Bertz CT molecular complexity index is 1230. The smallest absolute Gasteiger partial charge is 0.217 e. The van der Waals surface area contributed by atoms with Gasteiger partial charge in [-0.25, -0.2) is 9.97 Å². The second-order valence-electron chi connectivity index (χ2n) is 6.66. The van der Waals surface area contributed by atoms with E-state index < -0.39 is 0 Å². The number of hydrogen-bond donors (Lipinski definition) is 1. The number of anilines is 2. The molecule has 27 heavy (non-hydrogen) atoms. The van der Waals surface area contributed by atoms with E-state index in [2.05, 4.69) is 46.8 Å². The maximum Gasteiger partial charge on any atom is 0.217 e. The molecule has 0 radical (unpaired) electrons. The second kappa shape index (κ2) is 5.99. The molecule has 5 heteroatoms. The molecule has 0 saturated heterocycles. The number of para-hydroxylation sites is 5. The first kappa shape index (κ1) is 15.6. The fourth-order valence-electron chi connectivity index (χ4n) is 3.48. The molecule has 0 atom stereocenters. The summed E-state index contributed by atoms with van der Waals surface area (Å²) in [6.07, 6.45) is 0. The van der Waals surface area contributed by atoms with Gasteiger partial charge < -0.3 is 4.98 Å². The number of imidazole rings is 2.